The Morgan fingerprint density at radius 2 is 1.84 bits per heavy atom. The van der Waals surface area contributed by atoms with Crippen LogP contribution in [0.5, 0.6) is 0 Å². The highest BCUT2D eigenvalue weighted by molar-refractivity contribution is 6.42. The number of aromatic nitrogens is 2. The Labute approximate surface area is 128 Å². The first-order chi connectivity index (χ1) is 8.88. The first kappa shape index (κ1) is 15.0. The molecule has 5 heteroatoms. The van der Waals surface area contributed by atoms with Crippen LogP contribution in [0, 0.1) is 5.41 Å². The van der Waals surface area contributed by atoms with Crippen molar-refractivity contribution in [3.63, 3.8) is 0 Å². The lowest BCUT2D eigenvalue weighted by molar-refractivity contribution is 0.295. The zero-order valence-corrected chi connectivity index (χ0v) is 13.6. The molecule has 0 radical (unpaired) electrons. The van der Waals surface area contributed by atoms with Crippen LogP contribution in [-0.2, 0) is 12.4 Å². The number of imidazole rings is 1. The van der Waals surface area contributed by atoms with Gasteiger partial charge in [-0.05, 0) is 24.0 Å². The van der Waals surface area contributed by atoms with Gasteiger partial charge in [0.25, 0.3) is 0 Å². The SMILES string of the molecule is CCC(C)(C)Cn1c(CCl)nc2cc(Cl)c(Cl)cc21. The number of nitrogens with zero attached hydrogens (tertiary/aromatic N) is 2. The number of benzene rings is 1. The summed E-state index contributed by atoms with van der Waals surface area (Å²) in [7, 11) is 0. The number of alkyl halides is 1. The maximum Gasteiger partial charge on any atom is 0.124 e. The molecule has 0 saturated heterocycles. The van der Waals surface area contributed by atoms with Crippen molar-refractivity contribution in [2.45, 2.75) is 39.6 Å². The molecule has 104 valence electrons. The highest BCUT2D eigenvalue weighted by atomic mass is 35.5. The fourth-order valence-electron chi connectivity index (χ4n) is 1.99. The molecular formula is C14H17Cl3N2. The molecule has 0 amide bonds. The average Bonchev–Trinajstić information content (AvgIpc) is 2.67. The molecule has 0 bridgehead atoms. The number of fused-ring (bicyclic) bond motifs is 1. The lowest BCUT2D eigenvalue weighted by atomic mass is 9.90. The van der Waals surface area contributed by atoms with Crippen LogP contribution in [-0.4, -0.2) is 9.55 Å². The molecule has 0 N–H and O–H groups in total. The van der Waals surface area contributed by atoms with E-state index in [1.54, 1.807) is 6.07 Å². The van der Waals surface area contributed by atoms with Crippen LogP contribution in [0.25, 0.3) is 11.0 Å². The number of hydrogen-bond donors (Lipinski definition) is 0. The standard InChI is InChI=1S/C14H17Cl3N2/c1-4-14(2,3)8-19-12-6-10(17)9(16)5-11(12)18-13(19)7-15/h5-6H,4,7-8H2,1-3H3. The maximum atomic E-state index is 6.11. The Hall–Kier alpha value is -0.440. The van der Waals surface area contributed by atoms with Crippen molar-refractivity contribution in [2.24, 2.45) is 5.41 Å². The summed E-state index contributed by atoms with van der Waals surface area (Å²) < 4.78 is 2.15. The zero-order chi connectivity index (χ0) is 14.2. The van der Waals surface area contributed by atoms with Gasteiger partial charge in [0.1, 0.15) is 5.82 Å². The van der Waals surface area contributed by atoms with E-state index in [1.807, 2.05) is 6.07 Å². The van der Waals surface area contributed by atoms with E-state index < -0.39 is 0 Å². The van der Waals surface area contributed by atoms with Crippen molar-refractivity contribution in [1.29, 1.82) is 0 Å². The van der Waals surface area contributed by atoms with Gasteiger partial charge >= 0.3 is 0 Å². The van der Waals surface area contributed by atoms with E-state index in [0.29, 0.717) is 15.9 Å². The van der Waals surface area contributed by atoms with Crippen molar-refractivity contribution < 1.29 is 0 Å². The number of hydrogen-bond acceptors (Lipinski definition) is 1. The Bertz CT molecular complexity index is 602. The molecule has 0 aliphatic heterocycles. The summed E-state index contributed by atoms with van der Waals surface area (Å²) >= 11 is 18.2. The molecule has 2 rings (SSSR count). The first-order valence-electron chi connectivity index (χ1n) is 6.28. The Morgan fingerprint density at radius 3 is 2.42 bits per heavy atom. The Morgan fingerprint density at radius 1 is 1.21 bits per heavy atom. The summed E-state index contributed by atoms with van der Waals surface area (Å²) in [6, 6.07) is 3.67. The minimum absolute atomic E-state index is 0.181. The second-order valence-electron chi connectivity index (χ2n) is 5.52. The van der Waals surface area contributed by atoms with Crippen LogP contribution < -0.4 is 0 Å². The van der Waals surface area contributed by atoms with Crippen molar-refractivity contribution >= 4 is 45.8 Å². The van der Waals surface area contributed by atoms with Gasteiger partial charge in [0, 0.05) is 6.54 Å². The fourth-order valence-corrected chi connectivity index (χ4v) is 2.51. The molecule has 0 fully saturated rings. The minimum Gasteiger partial charge on any atom is -0.326 e. The smallest absolute Gasteiger partial charge is 0.124 e. The third kappa shape index (κ3) is 3.01. The van der Waals surface area contributed by atoms with Gasteiger partial charge in [-0.15, -0.1) is 11.6 Å². The van der Waals surface area contributed by atoms with Crippen LogP contribution in [0.3, 0.4) is 0 Å². The minimum atomic E-state index is 0.181. The van der Waals surface area contributed by atoms with Gasteiger partial charge in [-0.1, -0.05) is 44.0 Å². The average molecular weight is 320 g/mol. The normalized spacial score (nSPS) is 12.3. The molecule has 2 nitrogen and oxygen atoms in total. The van der Waals surface area contributed by atoms with Gasteiger partial charge in [0.05, 0.1) is 27.0 Å². The molecule has 0 spiro atoms. The molecule has 0 unspecified atom stereocenters. The van der Waals surface area contributed by atoms with Crippen LogP contribution in [0.15, 0.2) is 12.1 Å². The topological polar surface area (TPSA) is 17.8 Å². The summed E-state index contributed by atoms with van der Waals surface area (Å²) in [6.07, 6.45) is 1.08. The lowest BCUT2D eigenvalue weighted by Crippen LogP contribution is -2.19. The van der Waals surface area contributed by atoms with Gasteiger partial charge in [0.2, 0.25) is 0 Å². The second kappa shape index (κ2) is 5.51. The summed E-state index contributed by atoms with van der Waals surface area (Å²) in [4.78, 5) is 4.54. The number of rotatable bonds is 4. The van der Waals surface area contributed by atoms with Crippen molar-refractivity contribution in [1.82, 2.24) is 9.55 Å². The Kier molecular flexibility index (Phi) is 4.34. The predicted molar refractivity (Wildman–Crippen MR) is 83.4 cm³/mol. The van der Waals surface area contributed by atoms with E-state index in [2.05, 4.69) is 30.3 Å². The van der Waals surface area contributed by atoms with Crippen molar-refractivity contribution in [3.8, 4) is 0 Å². The molecule has 0 aliphatic rings. The van der Waals surface area contributed by atoms with Gasteiger partial charge < -0.3 is 4.57 Å². The summed E-state index contributed by atoms with van der Waals surface area (Å²) in [5.74, 6) is 1.24. The maximum absolute atomic E-state index is 6.11. The van der Waals surface area contributed by atoms with Crippen LogP contribution in [0.2, 0.25) is 10.0 Å². The van der Waals surface area contributed by atoms with E-state index in [0.717, 1.165) is 29.8 Å². The quantitative estimate of drug-likeness (QED) is 0.679. The lowest BCUT2D eigenvalue weighted by Gasteiger charge is -2.24. The molecule has 0 saturated carbocycles. The van der Waals surface area contributed by atoms with Gasteiger partial charge in [-0.25, -0.2) is 4.98 Å². The third-order valence-corrected chi connectivity index (χ3v) is 4.49. The van der Waals surface area contributed by atoms with Crippen molar-refractivity contribution in [3.05, 3.63) is 28.0 Å². The highest BCUT2D eigenvalue weighted by Crippen LogP contribution is 2.31. The zero-order valence-electron chi connectivity index (χ0n) is 11.3. The van der Waals surface area contributed by atoms with Gasteiger partial charge in [-0.2, -0.15) is 0 Å². The monoisotopic (exact) mass is 318 g/mol. The molecule has 2 aromatic rings. The molecule has 1 aromatic carbocycles. The first-order valence-corrected chi connectivity index (χ1v) is 7.57. The highest BCUT2D eigenvalue weighted by Gasteiger charge is 2.20. The molecule has 0 atom stereocenters. The molecular weight excluding hydrogens is 303 g/mol. The fraction of sp³-hybridized carbons (Fsp3) is 0.500. The largest absolute Gasteiger partial charge is 0.326 e. The molecule has 19 heavy (non-hydrogen) atoms. The molecule has 1 aromatic heterocycles. The van der Waals surface area contributed by atoms with E-state index in [1.165, 1.54) is 0 Å². The summed E-state index contributed by atoms with van der Waals surface area (Å²) in [5.41, 5.74) is 2.02. The third-order valence-electron chi connectivity index (χ3n) is 3.53. The van der Waals surface area contributed by atoms with E-state index >= 15 is 0 Å². The van der Waals surface area contributed by atoms with E-state index in [4.69, 9.17) is 34.8 Å². The second-order valence-corrected chi connectivity index (χ2v) is 6.60. The van der Waals surface area contributed by atoms with E-state index in [-0.39, 0.29) is 5.41 Å². The van der Waals surface area contributed by atoms with Crippen LogP contribution in [0.1, 0.15) is 33.0 Å². The van der Waals surface area contributed by atoms with Gasteiger partial charge in [-0.3, -0.25) is 0 Å². The summed E-state index contributed by atoms with van der Waals surface area (Å²) in [5, 5.41) is 1.07. The number of halogens is 3. The van der Waals surface area contributed by atoms with Crippen LogP contribution in [0.4, 0.5) is 0 Å². The predicted octanol–water partition coefficient (Wildman–Crippen LogP) is 5.52. The molecule has 0 aliphatic carbocycles. The summed E-state index contributed by atoms with van der Waals surface area (Å²) in [6.45, 7) is 7.51. The van der Waals surface area contributed by atoms with Gasteiger partial charge in [0.15, 0.2) is 0 Å². The Balaban J connectivity index is 2.60. The van der Waals surface area contributed by atoms with Crippen LogP contribution >= 0.6 is 34.8 Å². The van der Waals surface area contributed by atoms with E-state index in [9.17, 15) is 0 Å². The van der Waals surface area contributed by atoms with Crippen molar-refractivity contribution in [2.75, 3.05) is 0 Å². The molecule has 1 heterocycles.